The third-order valence-electron chi connectivity index (χ3n) is 1.42. The van der Waals surface area contributed by atoms with E-state index >= 15 is 0 Å². The Bertz CT molecular complexity index is 262. The van der Waals surface area contributed by atoms with Gasteiger partial charge in [-0.15, -0.1) is 10.2 Å². The molecule has 0 aromatic heterocycles. The standard InChI is InChI=1S/C7H5ClN2/c8-7(9-10-7)6-4-2-1-3-5-6/h1-5H. The Morgan fingerprint density at radius 1 is 1.10 bits per heavy atom. The average Bonchev–Trinajstić information content (AvgIpc) is 2.72. The Balaban J connectivity index is 2.36. The summed E-state index contributed by atoms with van der Waals surface area (Å²) in [5.41, 5.74) is 0.941. The molecule has 1 aliphatic heterocycles. The van der Waals surface area contributed by atoms with Crippen LogP contribution in [0.1, 0.15) is 5.56 Å². The zero-order chi connectivity index (χ0) is 7.03. The minimum Gasteiger partial charge on any atom is -0.135 e. The zero-order valence-corrected chi connectivity index (χ0v) is 5.92. The van der Waals surface area contributed by atoms with Gasteiger partial charge in [-0.25, -0.2) is 0 Å². The Morgan fingerprint density at radius 3 is 2.20 bits per heavy atom. The largest absolute Gasteiger partial charge is 0.289 e. The molecule has 0 spiro atoms. The molecule has 0 atom stereocenters. The fourth-order valence-electron chi connectivity index (χ4n) is 0.810. The summed E-state index contributed by atoms with van der Waals surface area (Å²) in [6.07, 6.45) is 0. The van der Waals surface area contributed by atoms with Crippen LogP contribution in [0, 0.1) is 0 Å². The summed E-state index contributed by atoms with van der Waals surface area (Å²) in [6.45, 7) is 0. The summed E-state index contributed by atoms with van der Waals surface area (Å²) < 4.78 is 0. The second-order valence-corrected chi connectivity index (χ2v) is 2.68. The van der Waals surface area contributed by atoms with E-state index in [9.17, 15) is 0 Å². The van der Waals surface area contributed by atoms with Gasteiger partial charge in [0.1, 0.15) is 0 Å². The van der Waals surface area contributed by atoms with Crippen LogP contribution in [0.5, 0.6) is 0 Å². The highest BCUT2D eigenvalue weighted by molar-refractivity contribution is 6.24. The molecule has 0 radical (unpaired) electrons. The van der Waals surface area contributed by atoms with Crippen LogP contribution in [0.25, 0.3) is 0 Å². The van der Waals surface area contributed by atoms with E-state index in [-0.39, 0.29) is 0 Å². The second-order valence-electron chi connectivity index (χ2n) is 2.15. The van der Waals surface area contributed by atoms with Crippen molar-refractivity contribution in [3.8, 4) is 0 Å². The summed E-state index contributed by atoms with van der Waals surface area (Å²) in [7, 11) is 0. The lowest BCUT2D eigenvalue weighted by atomic mass is 10.2. The topological polar surface area (TPSA) is 24.7 Å². The predicted octanol–water partition coefficient (Wildman–Crippen LogP) is 2.50. The van der Waals surface area contributed by atoms with Crippen LogP contribution in [-0.4, -0.2) is 0 Å². The SMILES string of the molecule is ClC1(c2ccccc2)N=N1. The van der Waals surface area contributed by atoms with Crippen LogP contribution in [0.15, 0.2) is 40.6 Å². The molecule has 1 heterocycles. The normalized spacial score (nSPS) is 18.9. The second kappa shape index (κ2) is 1.80. The van der Waals surface area contributed by atoms with Crippen molar-refractivity contribution in [2.45, 2.75) is 5.12 Å². The molecule has 0 unspecified atom stereocenters. The van der Waals surface area contributed by atoms with Gasteiger partial charge >= 0.3 is 0 Å². The molecule has 1 aliphatic rings. The van der Waals surface area contributed by atoms with Crippen LogP contribution in [-0.2, 0) is 5.12 Å². The van der Waals surface area contributed by atoms with Gasteiger partial charge in [0.05, 0.1) is 0 Å². The zero-order valence-electron chi connectivity index (χ0n) is 5.16. The molecule has 2 nitrogen and oxygen atoms in total. The molecule has 3 heteroatoms. The first-order valence-electron chi connectivity index (χ1n) is 3.00. The molecule has 1 aromatic carbocycles. The minimum absolute atomic E-state index is 0.735. The van der Waals surface area contributed by atoms with Crippen molar-refractivity contribution in [2.75, 3.05) is 0 Å². The van der Waals surface area contributed by atoms with Gasteiger partial charge in [0.2, 0.25) is 0 Å². The number of alkyl halides is 1. The van der Waals surface area contributed by atoms with E-state index in [0.717, 1.165) is 5.56 Å². The van der Waals surface area contributed by atoms with Crippen molar-refractivity contribution in [3.05, 3.63) is 35.9 Å². The van der Waals surface area contributed by atoms with Gasteiger partial charge in [-0.3, -0.25) is 0 Å². The average molecular weight is 153 g/mol. The Labute approximate surface area is 63.5 Å². The van der Waals surface area contributed by atoms with E-state index < -0.39 is 5.12 Å². The molecule has 0 saturated heterocycles. The maximum atomic E-state index is 5.84. The third-order valence-corrected chi connectivity index (χ3v) is 1.79. The molecule has 1 aromatic rings. The van der Waals surface area contributed by atoms with Crippen LogP contribution in [0.4, 0.5) is 0 Å². The first-order valence-corrected chi connectivity index (χ1v) is 3.37. The quantitative estimate of drug-likeness (QED) is 0.436. The van der Waals surface area contributed by atoms with Gasteiger partial charge in [0, 0.05) is 5.56 Å². The molecule has 0 amide bonds. The number of halogens is 1. The van der Waals surface area contributed by atoms with Gasteiger partial charge in [0.15, 0.2) is 0 Å². The summed E-state index contributed by atoms with van der Waals surface area (Å²) in [6, 6.07) is 9.60. The fraction of sp³-hybridized carbons (Fsp3) is 0.143. The first kappa shape index (κ1) is 5.86. The molecule has 50 valence electrons. The number of rotatable bonds is 1. The Kier molecular flexibility index (Phi) is 1.05. The highest BCUT2D eigenvalue weighted by Gasteiger charge is 2.39. The molecule has 0 N–H and O–H groups in total. The van der Waals surface area contributed by atoms with Gasteiger partial charge in [-0.1, -0.05) is 41.9 Å². The maximum absolute atomic E-state index is 5.84. The van der Waals surface area contributed by atoms with E-state index in [2.05, 4.69) is 10.2 Å². The van der Waals surface area contributed by atoms with Crippen molar-refractivity contribution in [1.82, 2.24) is 0 Å². The summed E-state index contributed by atoms with van der Waals surface area (Å²) in [5, 5.41) is 6.66. The molecule has 0 bridgehead atoms. The smallest absolute Gasteiger partial charge is 0.135 e. The van der Waals surface area contributed by atoms with Crippen LogP contribution in [0.2, 0.25) is 0 Å². The van der Waals surface area contributed by atoms with Gasteiger partial charge in [-0.05, 0) is 0 Å². The van der Waals surface area contributed by atoms with Crippen molar-refractivity contribution in [2.24, 2.45) is 10.2 Å². The number of hydrogen-bond acceptors (Lipinski definition) is 2. The molecule has 0 fully saturated rings. The van der Waals surface area contributed by atoms with E-state index in [0.29, 0.717) is 0 Å². The number of benzene rings is 1. The third kappa shape index (κ3) is 0.809. The fourth-order valence-corrected chi connectivity index (χ4v) is 0.973. The van der Waals surface area contributed by atoms with E-state index in [1.54, 1.807) is 0 Å². The van der Waals surface area contributed by atoms with Gasteiger partial charge in [-0.2, -0.15) is 0 Å². The van der Waals surface area contributed by atoms with Crippen molar-refractivity contribution in [1.29, 1.82) is 0 Å². The molecular formula is C7H5ClN2. The predicted molar refractivity (Wildman–Crippen MR) is 38.8 cm³/mol. The van der Waals surface area contributed by atoms with Crippen LogP contribution in [0.3, 0.4) is 0 Å². The van der Waals surface area contributed by atoms with Crippen molar-refractivity contribution >= 4 is 11.6 Å². The monoisotopic (exact) mass is 152 g/mol. The van der Waals surface area contributed by atoms with Gasteiger partial charge in [0.25, 0.3) is 5.12 Å². The summed E-state index contributed by atoms with van der Waals surface area (Å²) in [5.74, 6) is 0. The molecule has 0 saturated carbocycles. The highest BCUT2D eigenvalue weighted by Crippen LogP contribution is 2.43. The van der Waals surface area contributed by atoms with E-state index in [4.69, 9.17) is 11.6 Å². The lowest BCUT2D eigenvalue weighted by Crippen LogP contribution is -1.95. The van der Waals surface area contributed by atoms with E-state index in [1.165, 1.54) is 0 Å². The molecule has 10 heavy (non-hydrogen) atoms. The molecule has 2 rings (SSSR count). The van der Waals surface area contributed by atoms with Gasteiger partial charge < -0.3 is 0 Å². The van der Waals surface area contributed by atoms with Crippen molar-refractivity contribution in [3.63, 3.8) is 0 Å². The highest BCUT2D eigenvalue weighted by atomic mass is 35.5. The molecule has 0 aliphatic carbocycles. The van der Waals surface area contributed by atoms with Crippen LogP contribution < -0.4 is 0 Å². The van der Waals surface area contributed by atoms with E-state index in [1.807, 2.05) is 30.3 Å². The Morgan fingerprint density at radius 2 is 1.70 bits per heavy atom. The Hall–Kier alpha value is -0.890. The summed E-state index contributed by atoms with van der Waals surface area (Å²) in [4.78, 5) is 0. The minimum atomic E-state index is -0.735. The van der Waals surface area contributed by atoms with Crippen molar-refractivity contribution < 1.29 is 0 Å². The first-order chi connectivity index (χ1) is 4.81. The van der Waals surface area contributed by atoms with Crippen LogP contribution >= 0.6 is 11.6 Å². The molecular weight excluding hydrogens is 148 g/mol. The lowest BCUT2D eigenvalue weighted by Gasteiger charge is -1.98. The maximum Gasteiger partial charge on any atom is 0.289 e. The number of hydrogen-bond donors (Lipinski definition) is 0. The summed E-state index contributed by atoms with van der Waals surface area (Å²) >= 11 is 5.84. The lowest BCUT2D eigenvalue weighted by molar-refractivity contribution is 0.941. The number of nitrogens with zero attached hydrogens (tertiary/aromatic N) is 2.